The number of amides is 2. The average molecular weight is 464 g/mol. The molecular formula is C26H23ClFN3O2. The number of fused-ring (bicyclic) bond motifs is 1. The summed E-state index contributed by atoms with van der Waals surface area (Å²) in [7, 11) is 0. The molecule has 4 rings (SSSR count). The Morgan fingerprint density at radius 3 is 2.58 bits per heavy atom. The van der Waals surface area contributed by atoms with Crippen molar-refractivity contribution in [1.82, 2.24) is 0 Å². The van der Waals surface area contributed by atoms with Crippen molar-refractivity contribution < 1.29 is 14.0 Å². The molecule has 33 heavy (non-hydrogen) atoms. The molecule has 2 amide bonds. The lowest BCUT2D eigenvalue weighted by atomic mass is 9.99. The Kier molecular flexibility index (Phi) is 6.29. The molecule has 0 fully saturated rings. The van der Waals surface area contributed by atoms with Gasteiger partial charge in [-0.15, -0.1) is 0 Å². The number of aliphatic imine (C=N–C) groups is 1. The van der Waals surface area contributed by atoms with E-state index in [1.165, 1.54) is 11.0 Å². The minimum absolute atomic E-state index is 0.217. The fourth-order valence-electron chi connectivity index (χ4n) is 3.91. The highest BCUT2D eigenvalue weighted by molar-refractivity contribution is 6.32. The molecule has 1 atom stereocenters. The summed E-state index contributed by atoms with van der Waals surface area (Å²) in [6, 6.07) is 16.1. The fourth-order valence-corrected chi connectivity index (χ4v) is 4.09. The number of benzodiazepines with no additional fused rings is 1. The summed E-state index contributed by atoms with van der Waals surface area (Å²) in [6.07, 6.45) is 0. The fraction of sp³-hybridized carbons (Fsp3) is 0.192. The van der Waals surface area contributed by atoms with E-state index < -0.39 is 11.9 Å². The van der Waals surface area contributed by atoms with Crippen LogP contribution in [0.15, 0.2) is 65.7 Å². The summed E-state index contributed by atoms with van der Waals surface area (Å²) < 4.78 is 14.7. The number of benzene rings is 3. The van der Waals surface area contributed by atoms with Gasteiger partial charge in [0.2, 0.25) is 5.91 Å². The number of nitrogens with zero attached hydrogens (tertiary/aromatic N) is 2. The Bertz CT molecular complexity index is 1290. The normalized spacial score (nSPS) is 15.5. The molecule has 1 N–H and O–H groups in total. The van der Waals surface area contributed by atoms with Gasteiger partial charge in [-0.1, -0.05) is 41.4 Å². The first-order valence-electron chi connectivity index (χ1n) is 10.6. The number of anilines is 2. The molecule has 0 aromatic heterocycles. The molecule has 0 saturated heterocycles. The zero-order valence-corrected chi connectivity index (χ0v) is 19.3. The SMILES string of the molecule is Cc1ccc(NC(=O)CN2C(=O)C(C)N=C(c3ccccc3F)c3cc(Cl)ccc32)c(C)c1. The van der Waals surface area contributed by atoms with Crippen molar-refractivity contribution >= 4 is 40.5 Å². The molecule has 0 bridgehead atoms. The molecule has 1 heterocycles. The maximum atomic E-state index is 14.7. The van der Waals surface area contributed by atoms with Gasteiger partial charge in [-0.2, -0.15) is 0 Å². The van der Waals surface area contributed by atoms with Crippen LogP contribution in [0.5, 0.6) is 0 Å². The molecule has 3 aromatic carbocycles. The van der Waals surface area contributed by atoms with Gasteiger partial charge in [0.15, 0.2) is 0 Å². The van der Waals surface area contributed by atoms with Gasteiger partial charge in [-0.3, -0.25) is 14.6 Å². The number of aryl methyl sites for hydroxylation is 2. The number of halogens is 2. The smallest absolute Gasteiger partial charge is 0.252 e. The molecule has 0 aliphatic carbocycles. The van der Waals surface area contributed by atoms with Crippen molar-refractivity contribution in [3.63, 3.8) is 0 Å². The molecule has 3 aromatic rings. The second-order valence-electron chi connectivity index (χ2n) is 8.09. The maximum Gasteiger partial charge on any atom is 0.252 e. The van der Waals surface area contributed by atoms with E-state index in [1.807, 2.05) is 32.0 Å². The lowest BCUT2D eigenvalue weighted by Gasteiger charge is -2.24. The van der Waals surface area contributed by atoms with Crippen molar-refractivity contribution in [2.24, 2.45) is 4.99 Å². The summed E-state index contributed by atoms with van der Waals surface area (Å²) in [5, 5.41) is 3.29. The lowest BCUT2D eigenvalue weighted by molar-refractivity contribution is -0.122. The highest BCUT2D eigenvalue weighted by Gasteiger charge is 2.32. The maximum absolute atomic E-state index is 14.7. The Hall–Kier alpha value is -3.51. The predicted octanol–water partition coefficient (Wildman–Crippen LogP) is 5.31. The molecule has 1 aliphatic heterocycles. The van der Waals surface area contributed by atoms with E-state index in [4.69, 9.17) is 11.6 Å². The highest BCUT2D eigenvalue weighted by Crippen LogP contribution is 2.31. The van der Waals surface area contributed by atoms with Gasteiger partial charge in [0.05, 0.1) is 11.4 Å². The molecule has 1 unspecified atom stereocenters. The van der Waals surface area contributed by atoms with Crippen LogP contribution in [-0.2, 0) is 9.59 Å². The molecule has 1 aliphatic rings. The first-order valence-corrected chi connectivity index (χ1v) is 10.9. The number of rotatable bonds is 4. The third-order valence-electron chi connectivity index (χ3n) is 5.54. The summed E-state index contributed by atoms with van der Waals surface area (Å²) in [6.45, 7) is 5.30. The van der Waals surface area contributed by atoms with E-state index in [0.29, 0.717) is 27.7 Å². The van der Waals surface area contributed by atoms with Gasteiger partial charge in [-0.25, -0.2) is 4.39 Å². The number of carbonyl (C=O) groups excluding carboxylic acids is 2. The van der Waals surface area contributed by atoms with Crippen molar-refractivity contribution in [2.45, 2.75) is 26.8 Å². The monoisotopic (exact) mass is 463 g/mol. The van der Waals surface area contributed by atoms with Crippen LogP contribution in [0, 0.1) is 19.7 Å². The van der Waals surface area contributed by atoms with Crippen molar-refractivity contribution in [1.29, 1.82) is 0 Å². The first kappa shape index (κ1) is 22.7. The van der Waals surface area contributed by atoms with E-state index in [9.17, 15) is 14.0 Å². The van der Waals surface area contributed by atoms with Crippen molar-refractivity contribution in [3.8, 4) is 0 Å². The zero-order chi connectivity index (χ0) is 23.7. The first-order chi connectivity index (χ1) is 15.7. The minimum Gasteiger partial charge on any atom is -0.324 e. The molecule has 5 nitrogen and oxygen atoms in total. The van der Waals surface area contributed by atoms with Crippen molar-refractivity contribution in [2.75, 3.05) is 16.8 Å². The van der Waals surface area contributed by atoms with E-state index in [0.717, 1.165) is 11.1 Å². The van der Waals surface area contributed by atoms with Gasteiger partial charge in [-0.05, 0) is 62.7 Å². The lowest BCUT2D eigenvalue weighted by Crippen LogP contribution is -2.42. The van der Waals surface area contributed by atoms with Gasteiger partial charge < -0.3 is 10.2 Å². The van der Waals surface area contributed by atoms with E-state index in [2.05, 4.69) is 10.3 Å². The van der Waals surface area contributed by atoms with Crippen LogP contribution < -0.4 is 10.2 Å². The van der Waals surface area contributed by atoms with Crippen LogP contribution >= 0.6 is 11.6 Å². The molecule has 0 saturated carbocycles. The van der Waals surface area contributed by atoms with Crippen LogP contribution in [0.2, 0.25) is 5.02 Å². The number of carbonyl (C=O) groups is 2. The predicted molar refractivity (Wildman–Crippen MR) is 130 cm³/mol. The molecular weight excluding hydrogens is 441 g/mol. The Labute approximate surface area is 196 Å². The second-order valence-corrected chi connectivity index (χ2v) is 8.52. The van der Waals surface area contributed by atoms with Crippen LogP contribution in [0.25, 0.3) is 0 Å². The number of hydrogen-bond donors (Lipinski definition) is 1. The quantitative estimate of drug-likeness (QED) is 0.570. The third kappa shape index (κ3) is 4.66. The molecule has 7 heteroatoms. The Morgan fingerprint density at radius 1 is 1.09 bits per heavy atom. The molecule has 168 valence electrons. The third-order valence-corrected chi connectivity index (χ3v) is 5.77. The van der Waals surface area contributed by atoms with E-state index in [-0.39, 0.29) is 23.9 Å². The van der Waals surface area contributed by atoms with Gasteiger partial charge in [0.25, 0.3) is 5.91 Å². The van der Waals surface area contributed by atoms with E-state index in [1.54, 1.807) is 43.3 Å². The van der Waals surface area contributed by atoms with Crippen LogP contribution in [0.1, 0.15) is 29.2 Å². The average Bonchev–Trinajstić information content (AvgIpc) is 2.86. The zero-order valence-electron chi connectivity index (χ0n) is 18.5. The largest absolute Gasteiger partial charge is 0.324 e. The van der Waals surface area contributed by atoms with Gasteiger partial charge in [0, 0.05) is 21.8 Å². The van der Waals surface area contributed by atoms with Crippen LogP contribution in [0.3, 0.4) is 0 Å². The standard InChI is InChI=1S/C26H23ClFN3O2/c1-15-8-10-22(16(2)12-15)30-24(32)14-31-23-11-9-18(27)13-20(23)25(29-17(3)26(31)33)19-6-4-5-7-21(19)28/h4-13,17H,14H2,1-3H3,(H,30,32). The van der Waals surface area contributed by atoms with E-state index >= 15 is 0 Å². The van der Waals surface area contributed by atoms with Crippen molar-refractivity contribution in [3.05, 3.63) is 93.8 Å². The second kappa shape index (κ2) is 9.16. The molecule has 0 radical (unpaired) electrons. The Morgan fingerprint density at radius 2 is 1.85 bits per heavy atom. The summed E-state index contributed by atoms with van der Waals surface area (Å²) >= 11 is 6.25. The molecule has 0 spiro atoms. The van der Waals surface area contributed by atoms with Crippen LogP contribution in [-0.4, -0.2) is 30.1 Å². The minimum atomic E-state index is -0.820. The summed E-state index contributed by atoms with van der Waals surface area (Å²) in [5.41, 5.74) is 4.23. The van der Waals surface area contributed by atoms with Gasteiger partial charge >= 0.3 is 0 Å². The van der Waals surface area contributed by atoms with Gasteiger partial charge in [0.1, 0.15) is 18.4 Å². The summed E-state index contributed by atoms with van der Waals surface area (Å²) in [4.78, 5) is 32.1. The highest BCUT2D eigenvalue weighted by atomic mass is 35.5. The summed E-state index contributed by atoms with van der Waals surface area (Å²) in [5.74, 6) is -1.17. The van der Waals surface area contributed by atoms with Crippen LogP contribution in [0.4, 0.5) is 15.8 Å². The number of nitrogens with one attached hydrogen (secondary N) is 1. The number of hydrogen-bond acceptors (Lipinski definition) is 3. The Balaban J connectivity index is 1.73. The topological polar surface area (TPSA) is 61.8 Å².